The third-order valence-corrected chi connectivity index (χ3v) is 27.8. The molecule has 16 heteroatoms. The third kappa shape index (κ3) is 38.2. The maximum atomic E-state index is 8.16. The van der Waals surface area contributed by atoms with Gasteiger partial charge in [-0.1, -0.05) is 243 Å². The smallest absolute Gasteiger partial charge is 0.0830 e. The zero-order valence-corrected chi connectivity index (χ0v) is 93.0. The Bertz CT molecular complexity index is 8020. The molecule has 0 amide bonds. The predicted molar refractivity (Wildman–Crippen MR) is 564 cm³/mol. The SMILES string of the molecule is [2H]c1[c-]c(-c2cc(C(C)C(C)C)c([Si](C)(C)C)cn2)c([2H])c([2H])c1[2H].[2H]c1[c-]c(-c2cc(C(C)CC)c([Si](C)(C)C)cn2)c([2H])c([2H])c1[2H].[2H]c1[c-]c(-c2cc(CC(C)(C)C)c([Si](C)(C)C)cn2)c([2H])c([2H])c1[2H].[2H]c1[c-]c(-c2cc(CC(C)C)c([Si](C)(C)C)cn2)c([2H])c([2H])c1[2H].[2H]c1[c-]c(-c2ccccn2)cc([2H])c1[2H].[2H]c1[c-]c(-c2ccccn2)cc([2H])c1[2H].[2H]c1[c-]c(-c2nc([2H])c([2H])c([2H])c2[2H])cc([2H])c1[2H].[2H]c1[c-]c(-c2nc([2H])c([2H])c([2H])c2[2H])cc([2H])c1[2H].[Ir].[Ir].[Ir].[Ir]. The number of aromatic nitrogens is 8. The van der Waals surface area contributed by atoms with E-state index in [2.05, 4.69) is 236 Å². The molecule has 0 saturated heterocycles. The third-order valence-electron chi connectivity index (χ3n) is 19.6. The van der Waals surface area contributed by atoms with Crippen molar-refractivity contribution in [3.05, 3.63) is 411 Å². The van der Waals surface area contributed by atoms with Gasteiger partial charge in [0.05, 0.1) is 43.3 Å². The molecule has 704 valence electrons. The fourth-order valence-corrected chi connectivity index (χ4v) is 19.1. The molecular formula is C118H132Ir4N8Si4-8. The largest absolute Gasteiger partial charge is 0.305 e. The summed E-state index contributed by atoms with van der Waals surface area (Å²) in [6.07, 6.45) is 12.8. The maximum Gasteiger partial charge on any atom is 0.0830 e. The summed E-state index contributed by atoms with van der Waals surface area (Å²) in [6, 6.07) is 38.4. The Morgan fingerprint density at radius 3 is 0.918 bits per heavy atom. The van der Waals surface area contributed by atoms with Crippen LogP contribution in [0.15, 0.2) is 340 Å². The first kappa shape index (κ1) is 70.1. The molecule has 0 spiro atoms. The Balaban J connectivity index is 0.000000340. The van der Waals surface area contributed by atoms with E-state index in [1.54, 1.807) is 36.7 Å². The molecular weight excluding hydrogens is 2410 g/mol. The zero-order chi connectivity index (χ0) is 125. The predicted octanol–water partition coefficient (Wildman–Crippen LogP) is 28.6. The van der Waals surface area contributed by atoms with E-state index in [9.17, 15) is 0 Å². The number of nitrogens with zero attached hydrogens (tertiary/aromatic N) is 8. The summed E-state index contributed by atoms with van der Waals surface area (Å²) in [5, 5.41) is 5.22. The fraction of sp³-hybridized carbons (Fsp3) is 0.254. The molecule has 0 N–H and O–H groups in total. The van der Waals surface area contributed by atoms with Gasteiger partial charge in [-0.2, -0.15) is 0 Å². The van der Waals surface area contributed by atoms with E-state index in [4.69, 9.17) is 49.3 Å². The summed E-state index contributed by atoms with van der Waals surface area (Å²) >= 11 is 0. The molecule has 0 fully saturated rings. The Labute approximate surface area is 913 Å². The molecule has 0 aliphatic rings. The van der Waals surface area contributed by atoms with E-state index in [0.29, 0.717) is 91.2 Å². The van der Waals surface area contributed by atoms with Crippen LogP contribution >= 0.6 is 0 Å². The van der Waals surface area contributed by atoms with Gasteiger partial charge in [0.2, 0.25) is 0 Å². The van der Waals surface area contributed by atoms with Crippen molar-refractivity contribution in [1.29, 1.82) is 0 Å². The van der Waals surface area contributed by atoms with Crippen LogP contribution in [0.4, 0.5) is 0 Å². The topological polar surface area (TPSA) is 103 Å². The van der Waals surface area contributed by atoms with E-state index in [-0.39, 0.29) is 290 Å². The van der Waals surface area contributed by atoms with Gasteiger partial charge in [0.1, 0.15) is 0 Å². The molecule has 2 atom stereocenters. The molecule has 16 rings (SSSR count). The minimum Gasteiger partial charge on any atom is -0.305 e. The van der Waals surface area contributed by atoms with E-state index in [1.807, 2.05) is 61.2 Å². The molecule has 8 aromatic carbocycles. The van der Waals surface area contributed by atoms with E-state index < -0.39 is 68.8 Å². The van der Waals surface area contributed by atoms with E-state index in [1.165, 1.54) is 67.3 Å². The number of hydrogen-bond acceptors (Lipinski definition) is 8. The van der Waals surface area contributed by atoms with Crippen LogP contribution in [0.5, 0.6) is 0 Å². The number of rotatable bonds is 19. The molecule has 8 heterocycles. The Kier molecular flexibility index (Phi) is 30.1. The first-order chi connectivity index (χ1) is 76.9. The van der Waals surface area contributed by atoms with Gasteiger partial charge in [-0.05, 0) is 155 Å². The van der Waals surface area contributed by atoms with Gasteiger partial charge in [0.25, 0.3) is 0 Å². The normalized spacial score (nSPS) is 15.0. The first-order valence-electron chi connectivity index (χ1n) is 60.6. The summed E-state index contributed by atoms with van der Waals surface area (Å²) in [5.41, 5.74) is 11.2. The van der Waals surface area contributed by atoms with Crippen molar-refractivity contribution >= 4 is 53.0 Å². The molecule has 8 aromatic heterocycles. The molecule has 0 saturated carbocycles. The van der Waals surface area contributed by atoms with Gasteiger partial charge in [0.15, 0.2) is 0 Å². The van der Waals surface area contributed by atoms with Crippen molar-refractivity contribution < 1.29 is 130 Å². The van der Waals surface area contributed by atoms with Crippen molar-refractivity contribution in [2.45, 2.75) is 179 Å². The van der Waals surface area contributed by atoms with Crippen LogP contribution in [-0.2, 0) is 93.3 Å². The van der Waals surface area contributed by atoms with Gasteiger partial charge >= 0.3 is 0 Å². The molecule has 8 nitrogen and oxygen atoms in total. The Hall–Kier alpha value is -9.58. The van der Waals surface area contributed by atoms with E-state index >= 15 is 0 Å². The fourth-order valence-electron chi connectivity index (χ4n) is 12.7. The van der Waals surface area contributed by atoms with Crippen LogP contribution in [0.2, 0.25) is 78.6 Å². The molecule has 2 unspecified atom stereocenters. The quantitative estimate of drug-likeness (QED) is 0.0583. The van der Waals surface area contributed by atoms with Crippen LogP contribution in [0.1, 0.15) is 159 Å². The van der Waals surface area contributed by atoms with Crippen LogP contribution in [0.25, 0.3) is 90.1 Å². The Morgan fingerprint density at radius 2 is 0.604 bits per heavy atom. The van der Waals surface area contributed by atoms with E-state index in [0.717, 1.165) is 19.3 Å². The van der Waals surface area contributed by atoms with Crippen molar-refractivity contribution in [1.82, 2.24) is 39.9 Å². The molecule has 0 aliphatic carbocycles. The van der Waals surface area contributed by atoms with Gasteiger partial charge in [-0.3, -0.25) is 0 Å². The second-order valence-corrected chi connectivity index (χ2v) is 56.2. The second-order valence-electron chi connectivity index (χ2n) is 36.1. The van der Waals surface area contributed by atoms with Crippen molar-refractivity contribution in [2.24, 2.45) is 17.3 Å². The van der Waals surface area contributed by atoms with Gasteiger partial charge in [0, 0.05) is 152 Å². The summed E-state index contributed by atoms with van der Waals surface area (Å²) in [6.45, 7) is 49.3. The van der Waals surface area contributed by atoms with Gasteiger partial charge < -0.3 is 39.9 Å². The van der Waals surface area contributed by atoms with Crippen LogP contribution < -0.4 is 20.7 Å². The van der Waals surface area contributed by atoms with Gasteiger partial charge in [-0.15, -0.1) is 286 Å². The van der Waals surface area contributed by atoms with Crippen molar-refractivity contribution in [3.63, 3.8) is 0 Å². The summed E-state index contributed by atoms with van der Waals surface area (Å²) < 4.78 is 276. The minimum absolute atomic E-state index is 0. The van der Waals surface area contributed by atoms with Crippen molar-refractivity contribution in [3.8, 4) is 90.1 Å². The molecule has 134 heavy (non-hydrogen) atoms. The minimum atomic E-state index is -1.58. The number of benzene rings is 8. The average Bonchev–Trinajstić information content (AvgIpc) is 0.779. The Morgan fingerprint density at radius 1 is 0.306 bits per heavy atom. The first-order valence-corrected chi connectivity index (χ1v) is 56.6. The number of hydrogen-bond donors (Lipinski definition) is 0. The molecule has 0 bridgehead atoms. The summed E-state index contributed by atoms with van der Waals surface area (Å²) in [4.78, 5) is 33.8. The zero-order valence-electron chi connectivity index (χ0n) is 115. The van der Waals surface area contributed by atoms with Crippen LogP contribution in [0, 0.1) is 65.8 Å². The monoisotopic (exact) mass is 2580 g/mol. The molecule has 16 aromatic rings. The van der Waals surface area contributed by atoms with Crippen LogP contribution in [0.3, 0.4) is 0 Å². The maximum absolute atomic E-state index is 8.16. The van der Waals surface area contributed by atoms with Gasteiger partial charge in [-0.25, -0.2) is 0 Å². The number of pyridine rings is 8. The summed E-state index contributed by atoms with van der Waals surface area (Å²) in [7, 11) is -6.23. The summed E-state index contributed by atoms with van der Waals surface area (Å²) in [5.74, 6) is 1.70. The van der Waals surface area contributed by atoms with Crippen LogP contribution in [-0.4, -0.2) is 72.2 Å². The average molecular weight is 2580 g/mol. The standard InChI is InChI=1S/2C19H26NSi.2C18H24NSi.4C11H8N.4Ir/c1-19(2,3)13-16-12-17(15-10-8-7-9-11-15)20-14-18(16)21(4,5)6;1-14(2)15(3)17-12-18(16-10-8-7-9-11-16)20-13-19(17)21(4,5)6;1-14(2)11-16-12-17(15-9-7-6-8-10-15)19-13-18(16)20(3,4)5;1-6-14(2)16-12-17(15-10-8-7-9-11-15)19-13-18(16)20(3,4)5;4*1-2-6-10(7-3-1)11-8-4-5-9-12-11;;;;/h7-10,12,14H,13H2,1-6H3;7-10,12-15H,1-6H3;6-9,12-14H,11H2,1-5H3;7-10,12-14H,6H2,1-5H3;4*1-6,8-9H;;;;/q8*-1;;;;/i2*7D,8D,9D,10D;6D,7D,8D,9D;7D,8D,9D,10D;2*1D,2D,3D,4D,5D,8D,9D;2*1D,2D,3D;;;;. The second kappa shape index (κ2) is 57.5. The van der Waals surface area contributed by atoms with Crippen molar-refractivity contribution in [2.75, 3.05) is 0 Å². The molecule has 4 radical (unpaired) electrons. The molecule has 0 aliphatic heterocycles.